The van der Waals surface area contributed by atoms with E-state index in [0.29, 0.717) is 80.3 Å². The molecule has 1 amide bonds. The molecule has 45 heavy (non-hydrogen) atoms. The van der Waals surface area contributed by atoms with Gasteiger partial charge in [-0.25, -0.2) is 9.50 Å². The number of hydrogen-bond acceptors (Lipinski definition) is 8. The molecule has 3 aliphatic rings. The lowest BCUT2D eigenvalue weighted by Gasteiger charge is -2.35. The lowest BCUT2D eigenvalue weighted by atomic mass is 10.0. The minimum Gasteiger partial charge on any atom is -0.491 e. The Morgan fingerprint density at radius 2 is 1.82 bits per heavy atom. The normalized spacial score (nSPS) is 20.1. The first-order chi connectivity index (χ1) is 21.9. The van der Waals surface area contributed by atoms with Gasteiger partial charge in [-0.3, -0.25) is 14.5 Å². The standard InChI is InChI=1S/C35H37N7O3/c1-23-4-3-5-31(24(23)2)35(44)40-12-10-39(11-13-40)33-9-6-25(20-37-33)32-18-30(22-42-34(32)26(19-36)21-38-42)45-15-14-41-27-7-8-28(41)17-29(43)16-27/h3-6,9,18,20-22,27-28H,7-8,10-17H2,1-2H3. The van der Waals surface area contributed by atoms with Crippen molar-refractivity contribution >= 4 is 23.0 Å². The Morgan fingerprint density at radius 3 is 2.53 bits per heavy atom. The Balaban J connectivity index is 1.05. The number of nitrogens with zero attached hydrogens (tertiary/aromatic N) is 7. The number of nitriles is 1. The molecule has 2 atom stereocenters. The molecule has 1 aromatic carbocycles. The molecular weight excluding hydrogens is 566 g/mol. The zero-order valence-electron chi connectivity index (χ0n) is 25.8. The van der Waals surface area contributed by atoms with Gasteiger partial charge in [0.05, 0.1) is 23.5 Å². The van der Waals surface area contributed by atoms with Crippen LogP contribution in [0.1, 0.15) is 52.7 Å². The Hall–Kier alpha value is -4.75. The molecule has 10 heteroatoms. The summed E-state index contributed by atoms with van der Waals surface area (Å²) in [7, 11) is 0. The molecule has 230 valence electrons. The topological polar surface area (TPSA) is 107 Å². The highest BCUT2D eigenvalue weighted by molar-refractivity contribution is 5.96. The molecule has 2 bridgehead atoms. The zero-order valence-corrected chi connectivity index (χ0v) is 25.8. The van der Waals surface area contributed by atoms with Gasteiger partial charge in [0.15, 0.2) is 0 Å². The van der Waals surface area contributed by atoms with Crippen LogP contribution < -0.4 is 9.64 Å². The van der Waals surface area contributed by atoms with Crippen LogP contribution in [-0.2, 0) is 4.79 Å². The maximum absolute atomic E-state index is 13.2. The molecule has 3 aliphatic heterocycles. The number of anilines is 1. The molecule has 4 aromatic rings. The highest BCUT2D eigenvalue weighted by Crippen LogP contribution is 2.34. The van der Waals surface area contributed by atoms with Gasteiger partial charge < -0.3 is 14.5 Å². The number of amides is 1. The van der Waals surface area contributed by atoms with Crippen LogP contribution in [0.5, 0.6) is 5.75 Å². The Kier molecular flexibility index (Phi) is 7.71. The first-order valence-electron chi connectivity index (χ1n) is 15.8. The summed E-state index contributed by atoms with van der Waals surface area (Å²) in [5, 5.41) is 14.2. The molecule has 0 saturated carbocycles. The zero-order chi connectivity index (χ0) is 31.1. The van der Waals surface area contributed by atoms with Crippen LogP contribution in [0.2, 0.25) is 0 Å². The van der Waals surface area contributed by atoms with E-state index < -0.39 is 0 Å². The number of fused-ring (bicyclic) bond motifs is 3. The second kappa shape index (κ2) is 12.0. The number of Topliss-reactive ketones (excluding diaryl/α,β-unsaturated/α-hetero) is 1. The average molecular weight is 604 g/mol. The summed E-state index contributed by atoms with van der Waals surface area (Å²) in [6, 6.07) is 14.8. The molecule has 0 spiro atoms. The van der Waals surface area contributed by atoms with Gasteiger partial charge in [0.25, 0.3) is 5.91 Å². The second-order valence-corrected chi connectivity index (χ2v) is 12.4. The van der Waals surface area contributed by atoms with Crippen LogP contribution >= 0.6 is 0 Å². The Bertz CT molecular complexity index is 1780. The first kappa shape index (κ1) is 29.0. The summed E-state index contributed by atoms with van der Waals surface area (Å²) in [5.41, 5.74) is 5.82. The summed E-state index contributed by atoms with van der Waals surface area (Å²) in [5.74, 6) is 1.98. The predicted octanol–water partition coefficient (Wildman–Crippen LogP) is 4.42. The van der Waals surface area contributed by atoms with Crippen LogP contribution in [0.25, 0.3) is 16.6 Å². The van der Waals surface area contributed by atoms with Crippen molar-refractivity contribution in [2.75, 3.05) is 44.2 Å². The number of hydrogen-bond donors (Lipinski definition) is 0. The first-order valence-corrected chi connectivity index (χ1v) is 15.8. The lowest BCUT2D eigenvalue weighted by molar-refractivity contribution is -0.123. The molecule has 0 aliphatic carbocycles. The number of piperidine rings is 1. The third-order valence-electron chi connectivity index (χ3n) is 9.81. The van der Waals surface area contributed by atoms with Crippen LogP contribution in [0.3, 0.4) is 0 Å². The number of ketones is 1. The molecule has 0 N–H and O–H groups in total. The minimum atomic E-state index is 0.0813. The van der Waals surface area contributed by atoms with Crippen LogP contribution in [0.4, 0.5) is 5.82 Å². The number of carbonyl (C=O) groups is 2. The summed E-state index contributed by atoms with van der Waals surface area (Å²) in [4.78, 5) is 36.6. The van der Waals surface area contributed by atoms with Crippen molar-refractivity contribution in [3.63, 3.8) is 0 Å². The van der Waals surface area contributed by atoms with E-state index in [2.05, 4.69) is 21.0 Å². The highest BCUT2D eigenvalue weighted by Gasteiger charge is 2.39. The molecule has 3 aromatic heterocycles. The number of ether oxygens (including phenoxy) is 1. The van der Waals surface area contributed by atoms with Crippen molar-refractivity contribution in [2.45, 2.75) is 51.6 Å². The molecule has 3 saturated heterocycles. The van der Waals surface area contributed by atoms with Gasteiger partial charge in [-0.1, -0.05) is 12.1 Å². The van der Waals surface area contributed by atoms with Crippen molar-refractivity contribution in [2.24, 2.45) is 0 Å². The SMILES string of the molecule is Cc1cccc(C(=O)N2CCN(c3ccc(-c4cc(OCCN5C6CCC5CC(=O)C6)cn5ncc(C#N)c45)cn3)CC2)c1C. The predicted molar refractivity (Wildman–Crippen MR) is 170 cm³/mol. The van der Waals surface area contributed by atoms with Gasteiger partial charge in [-0.2, -0.15) is 10.4 Å². The largest absolute Gasteiger partial charge is 0.491 e. The van der Waals surface area contributed by atoms with Crippen LogP contribution in [-0.4, -0.2) is 87.5 Å². The smallest absolute Gasteiger partial charge is 0.254 e. The van der Waals surface area contributed by atoms with Crippen molar-refractivity contribution in [1.82, 2.24) is 24.4 Å². The Labute approximate surface area is 262 Å². The van der Waals surface area contributed by atoms with Crippen molar-refractivity contribution in [1.29, 1.82) is 5.26 Å². The van der Waals surface area contributed by atoms with E-state index in [9.17, 15) is 14.9 Å². The highest BCUT2D eigenvalue weighted by atomic mass is 16.5. The van der Waals surface area contributed by atoms with Gasteiger partial charge in [0.2, 0.25) is 0 Å². The summed E-state index contributed by atoms with van der Waals surface area (Å²) in [6.07, 6.45) is 8.70. The molecule has 10 nitrogen and oxygen atoms in total. The fraction of sp³-hybridized carbons (Fsp3) is 0.400. The monoisotopic (exact) mass is 603 g/mol. The summed E-state index contributed by atoms with van der Waals surface area (Å²) < 4.78 is 7.94. The van der Waals surface area contributed by atoms with E-state index >= 15 is 0 Å². The number of aromatic nitrogens is 3. The van der Waals surface area contributed by atoms with Gasteiger partial charge in [-0.15, -0.1) is 0 Å². The number of benzene rings is 1. The molecular formula is C35H37N7O3. The Morgan fingerprint density at radius 1 is 1.04 bits per heavy atom. The maximum Gasteiger partial charge on any atom is 0.254 e. The van der Waals surface area contributed by atoms with Crippen molar-refractivity contribution in [3.8, 4) is 22.9 Å². The molecule has 3 fully saturated rings. The summed E-state index contributed by atoms with van der Waals surface area (Å²) in [6.45, 7) is 7.98. The second-order valence-electron chi connectivity index (χ2n) is 12.4. The van der Waals surface area contributed by atoms with E-state index in [-0.39, 0.29) is 5.91 Å². The summed E-state index contributed by atoms with van der Waals surface area (Å²) >= 11 is 0. The van der Waals surface area contributed by atoms with Crippen molar-refractivity contribution in [3.05, 3.63) is 77.2 Å². The van der Waals surface area contributed by atoms with Crippen molar-refractivity contribution < 1.29 is 14.3 Å². The minimum absolute atomic E-state index is 0.0813. The number of piperazine rings is 1. The quantitative estimate of drug-likeness (QED) is 0.306. The van der Waals surface area contributed by atoms with E-state index in [1.807, 2.05) is 67.5 Å². The fourth-order valence-electron chi connectivity index (χ4n) is 7.20. The molecule has 2 unspecified atom stereocenters. The number of carbonyl (C=O) groups excluding carboxylic acids is 2. The van der Waals surface area contributed by atoms with Gasteiger partial charge in [0, 0.05) is 80.5 Å². The van der Waals surface area contributed by atoms with Gasteiger partial charge >= 0.3 is 0 Å². The average Bonchev–Trinajstić information content (AvgIpc) is 3.58. The molecule has 7 rings (SSSR count). The van der Waals surface area contributed by atoms with E-state index in [0.717, 1.165) is 53.0 Å². The van der Waals surface area contributed by atoms with Gasteiger partial charge in [0.1, 0.15) is 30.0 Å². The van der Waals surface area contributed by atoms with E-state index in [1.165, 1.54) is 0 Å². The fourth-order valence-corrected chi connectivity index (χ4v) is 7.20. The third kappa shape index (κ3) is 5.53. The van der Waals surface area contributed by atoms with E-state index in [1.54, 1.807) is 10.7 Å². The van der Waals surface area contributed by atoms with Crippen LogP contribution in [0, 0.1) is 25.2 Å². The maximum atomic E-state index is 13.2. The number of aryl methyl sites for hydroxylation is 1. The van der Waals surface area contributed by atoms with Crippen LogP contribution in [0.15, 0.2) is 55.0 Å². The molecule has 0 radical (unpaired) electrons. The number of pyridine rings is 2. The molecule has 6 heterocycles. The van der Waals surface area contributed by atoms with Gasteiger partial charge in [-0.05, 0) is 62.1 Å². The number of rotatable bonds is 7. The van der Waals surface area contributed by atoms with E-state index in [4.69, 9.17) is 9.72 Å². The lowest BCUT2D eigenvalue weighted by Crippen LogP contribution is -2.49. The third-order valence-corrected chi connectivity index (χ3v) is 9.81.